The van der Waals surface area contributed by atoms with Crippen molar-refractivity contribution in [3.63, 3.8) is 0 Å². The van der Waals surface area contributed by atoms with Gasteiger partial charge in [-0.05, 0) is 6.42 Å². The van der Waals surface area contributed by atoms with Crippen molar-refractivity contribution in [2.24, 2.45) is 0 Å². The van der Waals surface area contributed by atoms with Crippen LogP contribution in [0.1, 0.15) is 6.42 Å². The second-order valence-corrected chi connectivity index (χ2v) is 2.83. The van der Waals surface area contributed by atoms with Crippen LogP contribution in [0.15, 0.2) is 10.7 Å². The van der Waals surface area contributed by atoms with E-state index in [-0.39, 0.29) is 0 Å². The number of hydrogen-bond donors (Lipinski definition) is 0. The third kappa shape index (κ3) is 1.20. The van der Waals surface area contributed by atoms with Gasteiger partial charge in [0.25, 0.3) is 0 Å². The lowest BCUT2D eigenvalue weighted by molar-refractivity contribution is 0.496. The van der Waals surface area contributed by atoms with E-state index in [4.69, 9.17) is 0 Å². The van der Waals surface area contributed by atoms with Gasteiger partial charge in [-0.2, -0.15) is 0 Å². The fourth-order valence-corrected chi connectivity index (χ4v) is 1.18. The monoisotopic (exact) mass is 161 g/mol. The largest absolute Gasteiger partial charge is 0.379 e. The topological polar surface area (TPSA) is 3.24 Å². The number of rotatable bonds is 0. The fourth-order valence-electron chi connectivity index (χ4n) is 0.651. The standard InChI is InChI=1S/C5H8BrN/c1-7-3-2-5(6)4-7/h4H,2-3H2,1H3. The molecule has 0 aromatic heterocycles. The molecule has 0 aromatic rings. The van der Waals surface area contributed by atoms with E-state index in [1.165, 1.54) is 17.4 Å². The summed E-state index contributed by atoms with van der Waals surface area (Å²) in [6, 6.07) is 0. The average molecular weight is 162 g/mol. The minimum absolute atomic E-state index is 1.17. The number of hydrogen-bond acceptors (Lipinski definition) is 1. The van der Waals surface area contributed by atoms with Crippen molar-refractivity contribution in [2.75, 3.05) is 13.6 Å². The maximum atomic E-state index is 3.40. The molecule has 0 radical (unpaired) electrons. The van der Waals surface area contributed by atoms with Gasteiger partial charge < -0.3 is 4.90 Å². The molecule has 7 heavy (non-hydrogen) atoms. The van der Waals surface area contributed by atoms with Crippen LogP contribution in [0, 0.1) is 0 Å². The first-order valence-electron chi connectivity index (χ1n) is 2.35. The summed E-state index contributed by atoms with van der Waals surface area (Å²) in [5, 5.41) is 0. The molecule has 0 bridgehead atoms. The van der Waals surface area contributed by atoms with Gasteiger partial charge in [0.1, 0.15) is 0 Å². The lowest BCUT2D eigenvalue weighted by Gasteiger charge is -2.02. The van der Waals surface area contributed by atoms with Crippen LogP contribution in [0.4, 0.5) is 0 Å². The molecule has 0 N–H and O–H groups in total. The van der Waals surface area contributed by atoms with Crippen LogP contribution >= 0.6 is 15.9 Å². The minimum atomic E-state index is 1.17. The molecule has 2 heteroatoms. The highest BCUT2D eigenvalue weighted by atomic mass is 79.9. The van der Waals surface area contributed by atoms with Gasteiger partial charge in [-0.3, -0.25) is 0 Å². The van der Waals surface area contributed by atoms with Gasteiger partial charge in [-0.25, -0.2) is 0 Å². The summed E-state index contributed by atoms with van der Waals surface area (Å²) in [4.78, 5) is 2.17. The van der Waals surface area contributed by atoms with E-state index in [0.29, 0.717) is 0 Å². The Morgan fingerprint density at radius 3 is 2.71 bits per heavy atom. The molecule has 1 nitrogen and oxygen atoms in total. The van der Waals surface area contributed by atoms with Crippen molar-refractivity contribution >= 4 is 15.9 Å². The highest BCUT2D eigenvalue weighted by Gasteiger charge is 2.02. The Bertz CT molecular complexity index is 98.3. The zero-order valence-electron chi connectivity index (χ0n) is 4.32. The van der Waals surface area contributed by atoms with E-state index in [0.717, 1.165) is 0 Å². The van der Waals surface area contributed by atoms with E-state index in [2.05, 4.69) is 34.1 Å². The molecule has 40 valence electrons. The molecule has 0 fully saturated rings. The smallest absolute Gasteiger partial charge is 0.0215 e. The first-order valence-corrected chi connectivity index (χ1v) is 3.15. The van der Waals surface area contributed by atoms with Crippen LogP contribution in [0.25, 0.3) is 0 Å². The lowest BCUT2D eigenvalue weighted by Crippen LogP contribution is -2.04. The van der Waals surface area contributed by atoms with E-state index in [9.17, 15) is 0 Å². The summed E-state index contributed by atoms with van der Waals surface area (Å²) in [5.74, 6) is 0. The Labute approximate surface area is 52.1 Å². The molecular formula is C5H8BrN. The van der Waals surface area contributed by atoms with Crippen LogP contribution in [0.2, 0.25) is 0 Å². The summed E-state index contributed by atoms with van der Waals surface area (Å²) in [6.45, 7) is 1.17. The van der Waals surface area contributed by atoms with Gasteiger partial charge in [-0.1, -0.05) is 15.9 Å². The summed E-state index contributed by atoms with van der Waals surface area (Å²) in [5.41, 5.74) is 0. The van der Waals surface area contributed by atoms with E-state index in [1.54, 1.807) is 0 Å². The van der Waals surface area contributed by atoms with Crippen molar-refractivity contribution in [2.45, 2.75) is 6.42 Å². The second-order valence-electron chi connectivity index (χ2n) is 1.81. The second kappa shape index (κ2) is 1.86. The zero-order chi connectivity index (χ0) is 5.28. The van der Waals surface area contributed by atoms with Crippen molar-refractivity contribution in [1.82, 2.24) is 4.90 Å². The first-order chi connectivity index (χ1) is 3.29. The number of halogens is 1. The van der Waals surface area contributed by atoms with Crippen LogP contribution in [-0.4, -0.2) is 18.5 Å². The molecule has 0 saturated heterocycles. The van der Waals surface area contributed by atoms with Crippen LogP contribution < -0.4 is 0 Å². The highest BCUT2D eigenvalue weighted by molar-refractivity contribution is 9.11. The van der Waals surface area contributed by atoms with E-state index < -0.39 is 0 Å². The third-order valence-electron chi connectivity index (χ3n) is 1.06. The third-order valence-corrected chi connectivity index (χ3v) is 1.67. The first kappa shape index (κ1) is 5.16. The normalized spacial score (nSPS) is 20.3. The van der Waals surface area contributed by atoms with Crippen molar-refractivity contribution in [3.8, 4) is 0 Å². The Morgan fingerprint density at radius 2 is 2.57 bits per heavy atom. The quantitative estimate of drug-likeness (QED) is 0.522. The predicted octanol–water partition coefficient (Wildman–Crippen LogP) is 1.56. The Balaban J connectivity index is 2.50. The molecular weight excluding hydrogens is 154 g/mol. The molecule has 0 atom stereocenters. The minimum Gasteiger partial charge on any atom is -0.379 e. The SMILES string of the molecule is CN1C=C(Br)CC1. The Kier molecular flexibility index (Phi) is 1.38. The molecule has 1 rings (SSSR count). The van der Waals surface area contributed by atoms with Gasteiger partial charge in [-0.15, -0.1) is 0 Å². The van der Waals surface area contributed by atoms with Gasteiger partial charge >= 0.3 is 0 Å². The summed E-state index contributed by atoms with van der Waals surface area (Å²) in [7, 11) is 2.08. The molecule has 0 unspecified atom stereocenters. The molecule has 1 aliphatic rings. The molecule has 0 aliphatic carbocycles. The van der Waals surface area contributed by atoms with Crippen molar-refractivity contribution in [1.29, 1.82) is 0 Å². The Hall–Kier alpha value is 0.0200. The summed E-state index contributed by atoms with van der Waals surface area (Å²) >= 11 is 3.40. The maximum Gasteiger partial charge on any atom is 0.0215 e. The van der Waals surface area contributed by atoms with Gasteiger partial charge in [0, 0.05) is 24.3 Å². The molecule has 0 saturated carbocycles. The number of nitrogens with zero attached hydrogens (tertiary/aromatic N) is 1. The predicted molar refractivity (Wildman–Crippen MR) is 34.3 cm³/mol. The van der Waals surface area contributed by atoms with Gasteiger partial charge in [0.2, 0.25) is 0 Å². The van der Waals surface area contributed by atoms with E-state index in [1.807, 2.05) is 0 Å². The van der Waals surface area contributed by atoms with Crippen molar-refractivity contribution < 1.29 is 0 Å². The van der Waals surface area contributed by atoms with Crippen LogP contribution in [0.3, 0.4) is 0 Å². The van der Waals surface area contributed by atoms with E-state index >= 15 is 0 Å². The Morgan fingerprint density at radius 1 is 1.86 bits per heavy atom. The zero-order valence-corrected chi connectivity index (χ0v) is 5.90. The van der Waals surface area contributed by atoms with Gasteiger partial charge in [0.05, 0.1) is 0 Å². The molecule has 1 aliphatic heterocycles. The molecule has 1 heterocycles. The average Bonchev–Trinajstić information content (AvgIpc) is 1.87. The van der Waals surface area contributed by atoms with Crippen LogP contribution in [-0.2, 0) is 0 Å². The lowest BCUT2D eigenvalue weighted by atomic mass is 10.5. The van der Waals surface area contributed by atoms with Gasteiger partial charge in [0.15, 0.2) is 0 Å². The molecule has 0 amide bonds. The summed E-state index contributed by atoms with van der Waals surface area (Å²) in [6.07, 6.45) is 3.29. The fraction of sp³-hybridized carbons (Fsp3) is 0.600. The van der Waals surface area contributed by atoms with Crippen molar-refractivity contribution in [3.05, 3.63) is 10.7 Å². The highest BCUT2D eigenvalue weighted by Crippen LogP contribution is 2.17. The molecule has 0 aromatic carbocycles. The molecule has 0 spiro atoms. The van der Waals surface area contributed by atoms with Crippen LogP contribution in [0.5, 0.6) is 0 Å². The maximum absolute atomic E-state index is 3.40. The summed E-state index contributed by atoms with van der Waals surface area (Å²) < 4.78 is 1.31.